The molecule has 0 aliphatic carbocycles. The number of piperidine rings is 1. The van der Waals surface area contributed by atoms with E-state index in [2.05, 4.69) is 15.4 Å². The minimum absolute atomic E-state index is 0.0410. The molecular formula is C14H17F3N2O4S. The molecular weight excluding hydrogens is 349 g/mol. The highest BCUT2D eigenvalue weighted by atomic mass is 32.2. The van der Waals surface area contributed by atoms with Gasteiger partial charge < -0.3 is 15.4 Å². The number of sulfone groups is 1. The second-order valence-corrected chi connectivity index (χ2v) is 7.82. The lowest BCUT2D eigenvalue weighted by Gasteiger charge is -2.34. The zero-order chi connectivity index (χ0) is 18.0. The topological polar surface area (TPSA) is 84.5 Å². The maximum atomic E-state index is 13.7. The van der Waals surface area contributed by atoms with E-state index in [1.54, 1.807) is 0 Å². The van der Waals surface area contributed by atoms with Gasteiger partial charge >= 0.3 is 6.61 Å². The van der Waals surface area contributed by atoms with Crippen molar-refractivity contribution in [1.82, 2.24) is 5.32 Å². The molecule has 1 aromatic carbocycles. The normalized spacial score (nSPS) is 17.5. The van der Waals surface area contributed by atoms with E-state index in [-0.39, 0.29) is 18.5 Å². The second-order valence-electron chi connectivity index (χ2n) is 5.49. The summed E-state index contributed by atoms with van der Waals surface area (Å²) < 4.78 is 64.5. The third-order valence-corrected chi connectivity index (χ3v) is 5.95. The van der Waals surface area contributed by atoms with Gasteiger partial charge in [0, 0.05) is 18.0 Å². The Balaban J connectivity index is 2.23. The number of ether oxygens (including phenoxy) is 1. The molecule has 1 saturated heterocycles. The SMILES string of the molecule is CS(=O)(=O)C1(C(=O)Nc2ccc(OC(F)F)c(F)c2)CCNCC1. The molecule has 6 nitrogen and oxygen atoms in total. The molecule has 1 aromatic rings. The Kier molecular flexibility index (Phi) is 5.38. The van der Waals surface area contributed by atoms with Crippen LogP contribution in [0.15, 0.2) is 18.2 Å². The van der Waals surface area contributed by atoms with E-state index in [4.69, 9.17) is 0 Å². The number of carbonyl (C=O) groups is 1. The molecule has 0 bridgehead atoms. The first-order chi connectivity index (χ1) is 11.2. The van der Waals surface area contributed by atoms with Crippen molar-refractivity contribution in [1.29, 1.82) is 0 Å². The zero-order valence-electron chi connectivity index (χ0n) is 12.8. The highest BCUT2D eigenvalue weighted by Crippen LogP contribution is 2.30. The molecule has 134 valence electrons. The van der Waals surface area contributed by atoms with Gasteiger partial charge in [-0.25, -0.2) is 12.8 Å². The van der Waals surface area contributed by atoms with E-state index in [1.165, 1.54) is 0 Å². The Morgan fingerprint density at radius 2 is 1.96 bits per heavy atom. The Hall–Kier alpha value is -1.81. The van der Waals surface area contributed by atoms with E-state index < -0.39 is 38.7 Å². The molecule has 2 N–H and O–H groups in total. The van der Waals surface area contributed by atoms with Gasteiger partial charge in [-0.15, -0.1) is 0 Å². The molecule has 1 fully saturated rings. The van der Waals surface area contributed by atoms with Crippen LogP contribution in [-0.4, -0.2) is 45.0 Å². The van der Waals surface area contributed by atoms with E-state index in [1.807, 2.05) is 0 Å². The Labute approximate surface area is 137 Å². The molecule has 0 atom stereocenters. The maximum Gasteiger partial charge on any atom is 0.387 e. The number of carbonyl (C=O) groups excluding carboxylic acids is 1. The number of benzene rings is 1. The van der Waals surface area contributed by atoms with Crippen LogP contribution in [0.25, 0.3) is 0 Å². The van der Waals surface area contributed by atoms with E-state index >= 15 is 0 Å². The van der Waals surface area contributed by atoms with Crippen molar-refractivity contribution in [2.45, 2.75) is 24.2 Å². The molecule has 1 aliphatic heterocycles. The standard InChI is InChI=1S/C14H17F3N2O4S/c1-24(21,22)14(4-6-18-7-5-14)12(20)19-9-2-3-11(10(15)8-9)23-13(16)17/h2-3,8,13,18H,4-7H2,1H3,(H,19,20). The third-order valence-electron chi connectivity index (χ3n) is 3.94. The van der Waals surface area contributed by atoms with Crippen molar-refractivity contribution in [3.8, 4) is 5.75 Å². The van der Waals surface area contributed by atoms with Crippen molar-refractivity contribution in [2.24, 2.45) is 0 Å². The first kappa shape index (κ1) is 18.5. The first-order valence-electron chi connectivity index (χ1n) is 7.12. The monoisotopic (exact) mass is 366 g/mol. The molecule has 1 heterocycles. The minimum atomic E-state index is -3.71. The number of alkyl halides is 2. The van der Waals surface area contributed by atoms with Gasteiger partial charge in [0.15, 0.2) is 26.2 Å². The van der Waals surface area contributed by atoms with Crippen LogP contribution in [0, 0.1) is 5.82 Å². The third kappa shape index (κ3) is 3.81. The lowest BCUT2D eigenvalue weighted by molar-refractivity contribution is -0.119. The van der Waals surface area contributed by atoms with Gasteiger partial charge in [0.05, 0.1) is 0 Å². The number of hydrogen-bond acceptors (Lipinski definition) is 5. The molecule has 0 aromatic heterocycles. The average molecular weight is 366 g/mol. The van der Waals surface area contributed by atoms with Crippen molar-refractivity contribution in [3.63, 3.8) is 0 Å². The number of anilines is 1. The van der Waals surface area contributed by atoms with E-state index in [0.29, 0.717) is 13.1 Å². The van der Waals surface area contributed by atoms with Crippen LogP contribution in [0.4, 0.5) is 18.9 Å². The van der Waals surface area contributed by atoms with Crippen LogP contribution in [0.1, 0.15) is 12.8 Å². The Morgan fingerprint density at radius 1 is 1.33 bits per heavy atom. The van der Waals surface area contributed by atoms with Crippen LogP contribution < -0.4 is 15.4 Å². The molecule has 0 saturated carbocycles. The summed E-state index contributed by atoms with van der Waals surface area (Å²) in [7, 11) is -3.71. The van der Waals surface area contributed by atoms with Crippen molar-refractivity contribution >= 4 is 21.4 Å². The van der Waals surface area contributed by atoms with Gasteiger partial charge in [-0.3, -0.25) is 4.79 Å². The summed E-state index contributed by atoms with van der Waals surface area (Å²) in [5.74, 6) is -2.53. The predicted molar refractivity (Wildman–Crippen MR) is 81.3 cm³/mol. The lowest BCUT2D eigenvalue weighted by Crippen LogP contribution is -2.55. The second kappa shape index (κ2) is 6.98. The number of hydrogen-bond donors (Lipinski definition) is 2. The fraction of sp³-hybridized carbons (Fsp3) is 0.500. The van der Waals surface area contributed by atoms with Gasteiger partial charge in [0.25, 0.3) is 0 Å². The molecule has 10 heteroatoms. The lowest BCUT2D eigenvalue weighted by atomic mass is 9.95. The Bertz CT molecular complexity index is 719. The molecule has 0 spiro atoms. The highest BCUT2D eigenvalue weighted by molar-refractivity contribution is 7.92. The molecule has 1 aliphatic rings. The summed E-state index contributed by atoms with van der Waals surface area (Å²) in [5, 5.41) is 5.32. The summed E-state index contributed by atoms with van der Waals surface area (Å²) in [6.45, 7) is -2.46. The maximum absolute atomic E-state index is 13.7. The molecule has 1 amide bonds. The highest BCUT2D eigenvalue weighted by Gasteiger charge is 2.48. The average Bonchev–Trinajstić information content (AvgIpc) is 2.49. The summed E-state index contributed by atoms with van der Waals surface area (Å²) >= 11 is 0. The van der Waals surface area contributed by atoms with Gasteiger partial charge in [-0.05, 0) is 38.1 Å². The van der Waals surface area contributed by atoms with Crippen molar-refractivity contribution < 1.29 is 31.1 Å². The summed E-state index contributed by atoms with van der Waals surface area (Å²) in [5.41, 5.74) is -0.0410. The van der Waals surface area contributed by atoms with Gasteiger partial charge in [0.2, 0.25) is 5.91 Å². The number of amides is 1. The molecule has 0 radical (unpaired) electrons. The van der Waals surface area contributed by atoms with Gasteiger partial charge in [-0.2, -0.15) is 8.78 Å². The first-order valence-corrected chi connectivity index (χ1v) is 9.01. The van der Waals surface area contributed by atoms with Crippen LogP contribution in [0.2, 0.25) is 0 Å². The van der Waals surface area contributed by atoms with E-state index in [0.717, 1.165) is 24.5 Å². The van der Waals surface area contributed by atoms with Crippen molar-refractivity contribution in [2.75, 3.05) is 24.7 Å². The van der Waals surface area contributed by atoms with Crippen LogP contribution in [-0.2, 0) is 14.6 Å². The smallest absolute Gasteiger partial charge is 0.387 e. The van der Waals surface area contributed by atoms with Gasteiger partial charge in [-0.1, -0.05) is 0 Å². The Morgan fingerprint density at radius 3 is 2.46 bits per heavy atom. The number of nitrogens with one attached hydrogen (secondary N) is 2. The number of rotatable bonds is 5. The summed E-state index contributed by atoms with van der Waals surface area (Å²) in [4.78, 5) is 12.5. The largest absolute Gasteiger partial charge is 0.432 e. The van der Waals surface area contributed by atoms with E-state index in [9.17, 15) is 26.4 Å². The molecule has 2 rings (SSSR count). The van der Waals surface area contributed by atoms with Crippen LogP contribution in [0.5, 0.6) is 5.75 Å². The molecule has 0 unspecified atom stereocenters. The molecule has 24 heavy (non-hydrogen) atoms. The van der Waals surface area contributed by atoms with Crippen LogP contribution >= 0.6 is 0 Å². The van der Waals surface area contributed by atoms with Crippen molar-refractivity contribution in [3.05, 3.63) is 24.0 Å². The fourth-order valence-corrected chi connectivity index (χ4v) is 3.95. The fourth-order valence-electron chi connectivity index (χ4n) is 2.61. The predicted octanol–water partition coefficient (Wildman–Crippen LogP) is 1.53. The zero-order valence-corrected chi connectivity index (χ0v) is 13.6. The van der Waals surface area contributed by atoms with Crippen LogP contribution in [0.3, 0.4) is 0 Å². The number of halogens is 3. The van der Waals surface area contributed by atoms with Gasteiger partial charge in [0.1, 0.15) is 0 Å². The summed E-state index contributed by atoms with van der Waals surface area (Å²) in [6.07, 6.45) is 1.16. The quantitative estimate of drug-likeness (QED) is 0.826. The summed E-state index contributed by atoms with van der Waals surface area (Å²) in [6, 6.07) is 2.90. The minimum Gasteiger partial charge on any atom is -0.432 e.